The SMILES string of the molecule is Nc1cccnc1-c1cccc2c1OCCC2. The van der Waals surface area contributed by atoms with Gasteiger partial charge in [-0.3, -0.25) is 4.98 Å². The quantitative estimate of drug-likeness (QED) is 0.813. The Kier molecular flexibility index (Phi) is 2.44. The molecule has 3 nitrogen and oxygen atoms in total. The van der Waals surface area contributed by atoms with Crippen LogP contribution in [0, 0.1) is 0 Å². The number of benzene rings is 1. The summed E-state index contributed by atoms with van der Waals surface area (Å²) in [6, 6.07) is 9.87. The number of aryl methyl sites for hydroxylation is 1. The van der Waals surface area contributed by atoms with Crippen LogP contribution < -0.4 is 10.5 Å². The van der Waals surface area contributed by atoms with E-state index in [4.69, 9.17) is 10.5 Å². The minimum absolute atomic E-state index is 0.690. The summed E-state index contributed by atoms with van der Waals surface area (Å²) in [5, 5.41) is 0. The van der Waals surface area contributed by atoms with Crippen LogP contribution in [0.3, 0.4) is 0 Å². The normalized spacial score (nSPS) is 13.9. The molecule has 0 unspecified atom stereocenters. The third-order valence-electron chi connectivity index (χ3n) is 3.03. The molecule has 0 amide bonds. The van der Waals surface area contributed by atoms with Crippen molar-refractivity contribution in [3.05, 3.63) is 42.1 Å². The first-order valence-electron chi connectivity index (χ1n) is 5.82. The van der Waals surface area contributed by atoms with Crippen LogP contribution in [-0.2, 0) is 6.42 Å². The summed E-state index contributed by atoms with van der Waals surface area (Å²) in [5.74, 6) is 0.948. The lowest BCUT2D eigenvalue weighted by Crippen LogP contribution is -2.09. The van der Waals surface area contributed by atoms with Gasteiger partial charge in [0.15, 0.2) is 0 Å². The van der Waals surface area contributed by atoms with E-state index in [9.17, 15) is 0 Å². The van der Waals surface area contributed by atoms with Crippen molar-refractivity contribution in [2.45, 2.75) is 12.8 Å². The summed E-state index contributed by atoms with van der Waals surface area (Å²) in [4.78, 5) is 4.35. The minimum Gasteiger partial charge on any atom is -0.493 e. The third kappa shape index (κ3) is 1.73. The summed E-state index contributed by atoms with van der Waals surface area (Å²) in [7, 11) is 0. The lowest BCUT2D eigenvalue weighted by Gasteiger charge is -2.20. The number of rotatable bonds is 1. The van der Waals surface area contributed by atoms with Crippen molar-refractivity contribution in [1.82, 2.24) is 4.98 Å². The van der Waals surface area contributed by atoms with Gasteiger partial charge in [0, 0.05) is 11.8 Å². The first-order valence-corrected chi connectivity index (χ1v) is 5.82. The number of nitrogen functional groups attached to an aromatic ring is 1. The van der Waals surface area contributed by atoms with E-state index in [1.54, 1.807) is 6.20 Å². The van der Waals surface area contributed by atoms with E-state index in [1.165, 1.54) is 5.56 Å². The number of fused-ring (bicyclic) bond motifs is 1. The number of hydrogen-bond donors (Lipinski definition) is 1. The Balaban J connectivity index is 2.18. The highest BCUT2D eigenvalue weighted by Crippen LogP contribution is 2.37. The summed E-state index contributed by atoms with van der Waals surface area (Å²) in [5.41, 5.74) is 9.72. The average Bonchev–Trinajstić information content (AvgIpc) is 2.39. The summed E-state index contributed by atoms with van der Waals surface area (Å²) < 4.78 is 5.77. The predicted molar refractivity (Wildman–Crippen MR) is 67.9 cm³/mol. The molecule has 0 saturated carbocycles. The zero-order valence-electron chi connectivity index (χ0n) is 9.52. The highest BCUT2D eigenvalue weighted by atomic mass is 16.5. The molecule has 0 spiro atoms. The Morgan fingerprint density at radius 1 is 1.18 bits per heavy atom. The second-order valence-electron chi connectivity index (χ2n) is 4.19. The van der Waals surface area contributed by atoms with Crippen LogP contribution in [-0.4, -0.2) is 11.6 Å². The molecule has 1 aromatic carbocycles. The van der Waals surface area contributed by atoms with Gasteiger partial charge in [-0.25, -0.2) is 0 Å². The van der Waals surface area contributed by atoms with Gasteiger partial charge in [-0.15, -0.1) is 0 Å². The molecule has 0 saturated heterocycles. The molecule has 0 bridgehead atoms. The van der Waals surface area contributed by atoms with Crippen molar-refractivity contribution in [3.63, 3.8) is 0 Å². The lowest BCUT2D eigenvalue weighted by atomic mass is 10.00. The van der Waals surface area contributed by atoms with E-state index in [0.29, 0.717) is 5.69 Å². The number of ether oxygens (including phenoxy) is 1. The Bertz CT molecular complexity index is 552. The average molecular weight is 226 g/mol. The van der Waals surface area contributed by atoms with E-state index < -0.39 is 0 Å². The van der Waals surface area contributed by atoms with Crippen molar-refractivity contribution >= 4 is 5.69 Å². The van der Waals surface area contributed by atoms with E-state index in [1.807, 2.05) is 24.3 Å². The molecular weight excluding hydrogens is 212 g/mol. The van der Waals surface area contributed by atoms with Gasteiger partial charge in [0.05, 0.1) is 18.0 Å². The Labute approximate surface area is 100 Å². The second kappa shape index (κ2) is 4.09. The molecule has 0 fully saturated rings. The number of nitrogens with two attached hydrogens (primary N) is 1. The Morgan fingerprint density at radius 2 is 2.12 bits per heavy atom. The molecule has 0 atom stereocenters. The molecular formula is C14H14N2O. The molecule has 0 radical (unpaired) electrons. The van der Waals surface area contributed by atoms with E-state index in [-0.39, 0.29) is 0 Å². The Morgan fingerprint density at radius 3 is 3.00 bits per heavy atom. The zero-order chi connectivity index (χ0) is 11.7. The van der Waals surface area contributed by atoms with E-state index in [2.05, 4.69) is 11.1 Å². The Hall–Kier alpha value is -2.03. The maximum atomic E-state index is 5.97. The molecule has 1 aliphatic rings. The molecule has 2 N–H and O–H groups in total. The largest absolute Gasteiger partial charge is 0.493 e. The van der Waals surface area contributed by atoms with Crippen molar-refractivity contribution in [1.29, 1.82) is 0 Å². The number of hydrogen-bond acceptors (Lipinski definition) is 3. The van der Waals surface area contributed by atoms with Gasteiger partial charge in [0.2, 0.25) is 0 Å². The summed E-state index contributed by atoms with van der Waals surface area (Å²) in [6.45, 7) is 0.775. The first kappa shape index (κ1) is 10.1. The molecule has 2 aromatic rings. The smallest absolute Gasteiger partial charge is 0.131 e. The highest BCUT2D eigenvalue weighted by molar-refractivity contribution is 5.78. The topological polar surface area (TPSA) is 48.1 Å². The standard InChI is InChI=1S/C14H14N2O/c15-12-7-2-8-16-13(12)11-6-1-4-10-5-3-9-17-14(10)11/h1-2,4,6-8H,3,5,9,15H2. The van der Waals surface area contributed by atoms with Gasteiger partial charge in [-0.05, 0) is 36.6 Å². The van der Waals surface area contributed by atoms with Crippen LogP contribution in [0.2, 0.25) is 0 Å². The molecule has 0 aliphatic carbocycles. The fourth-order valence-electron chi connectivity index (χ4n) is 2.22. The summed E-state index contributed by atoms with van der Waals surface area (Å²) >= 11 is 0. The summed E-state index contributed by atoms with van der Waals surface area (Å²) in [6.07, 6.45) is 3.90. The number of aromatic nitrogens is 1. The van der Waals surface area contributed by atoms with Gasteiger partial charge in [-0.2, -0.15) is 0 Å². The maximum Gasteiger partial charge on any atom is 0.131 e. The maximum absolute atomic E-state index is 5.97. The van der Waals surface area contributed by atoms with Gasteiger partial charge in [0.1, 0.15) is 5.75 Å². The van der Waals surface area contributed by atoms with Crippen molar-refractivity contribution < 1.29 is 4.74 Å². The molecule has 1 aliphatic heterocycles. The first-order chi connectivity index (χ1) is 8.36. The third-order valence-corrected chi connectivity index (χ3v) is 3.03. The highest BCUT2D eigenvalue weighted by Gasteiger charge is 2.17. The van der Waals surface area contributed by atoms with Crippen molar-refractivity contribution in [2.75, 3.05) is 12.3 Å². The van der Waals surface area contributed by atoms with Crippen LogP contribution in [0.1, 0.15) is 12.0 Å². The van der Waals surface area contributed by atoms with Crippen LogP contribution in [0.15, 0.2) is 36.5 Å². The van der Waals surface area contributed by atoms with Crippen molar-refractivity contribution in [2.24, 2.45) is 0 Å². The molecule has 3 rings (SSSR count). The van der Waals surface area contributed by atoms with Crippen LogP contribution >= 0.6 is 0 Å². The molecule has 3 heteroatoms. The second-order valence-corrected chi connectivity index (χ2v) is 4.19. The lowest BCUT2D eigenvalue weighted by molar-refractivity contribution is 0.289. The van der Waals surface area contributed by atoms with Gasteiger partial charge in [0.25, 0.3) is 0 Å². The van der Waals surface area contributed by atoms with Gasteiger partial charge < -0.3 is 10.5 Å². The fourth-order valence-corrected chi connectivity index (χ4v) is 2.22. The van der Waals surface area contributed by atoms with Gasteiger partial charge in [-0.1, -0.05) is 12.1 Å². The van der Waals surface area contributed by atoms with Gasteiger partial charge >= 0.3 is 0 Å². The van der Waals surface area contributed by atoms with Crippen LogP contribution in [0.25, 0.3) is 11.3 Å². The number of nitrogens with zero attached hydrogens (tertiary/aromatic N) is 1. The van der Waals surface area contributed by atoms with E-state index >= 15 is 0 Å². The van der Waals surface area contributed by atoms with Crippen molar-refractivity contribution in [3.8, 4) is 17.0 Å². The number of anilines is 1. The minimum atomic E-state index is 0.690. The molecule has 2 heterocycles. The number of para-hydroxylation sites is 1. The molecule has 1 aromatic heterocycles. The molecule has 17 heavy (non-hydrogen) atoms. The van der Waals surface area contributed by atoms with Crippen LogP contribution in [0.4, 0.5) is 5.69 Å². The monoisotopic (exact) mass is 226 g/mol. The predicted octanol–water partition coefficient (Wildman–Crippen LogP) is 2.66. The fraction of sp³-hybridized carbons (Fsp3) is 0.214. The molecule has 86 valence electrons. The number of pyridine rings is 1. The van der Waals surface area contributed by atoms with E-state index in [0.717, 1.165) is 36.5 Å². The van der Waals surface area contributed by atoms with Crippen LogP contribution in [0.5, 0.6) is 5.75 Å². The zero-order valence-corrected chi connectivity index (χ0v) is 9.52.